The van der Waals surface area contributed by atoms with Crippen LogP contribution in [0.4, 0.5) is 10.1 Å². The van der Waals surface area contributed by atoms with E-state index in [-0.39, 0.29) is 17.9 Å². The number of anilines is 1. The molecule has 0 unspecified atom stereocenters. The molecule has 172 valence electrons. The highest BCUT2D eigenvalue weighted by molar-refractivity contribution is 7.80. The molecular formula is C27H25FN4OS. The van der Waals surface area contributed by atoms with E-state index in [0.29, 0.717) is 10.8 Å². The van der Waals surface area contributed by atoms with E-state index in [0.717, 1.165) is 34.1 Å². The number of benzene rings is 2. The average Bonchev–Trinajstić information content (AvgIpc) is 3.35. The summed E-state index contributed by atoms with van der Waals surface area (Å²) < 4.78 is 22.5. The minimum Gasteiger partial charge on any atom is -0.497 e. The smallest absolute Gasteiger partial charge is 0.174 e. The summed E-state index contributed by atoms with van der Waals surface area (Å²) >= 11 is 5.74. The topological polar surface area (TPSA) is 42.3 Å². The van der Waals surface area contributed by atoms with Gasteiger partial charge >= 0.3 is 0 Å². The number of halogens is 1. The minimum absolute atomic E-state index is 0.238. The molecule has 3 heterocycles. The predicted molar refractivity (Wildman–Crippen MR) is 136 cm³/mol. The third-order valence-corrected chi connectivity index (χ3v) is 6.64. The maximum absolute atomic E-state index is 15.0. The van der Waals surface area contributed by atoms with E-state index in [1.165, 1.54) is 6.07 Å². The molecule has 1 aliphatic rings. The Morgan fingerprint density at radius 1 is 1.00 bits per heavy atom. The van der Waals surface area contributed by atoms with Gasteiger partial charge in [-0.2, -0.15) is 0 Å². The van der Waals surface area contributed by atoms with Crippen molar-refractivity contribution in [2.45, 2.75) is 25.9 Å². The lowest BCUT2D eigenvalue weighted by Gasteiger charge is -2.28. The first-order valence-electron chi connectivity index (χ1n) is 11.1. The van der Waals surface area contributed by atoms with Crippen LogP contribution in [0, 0.1) is 19.7 Å². The van der Waals surface area contributed by atoms with Gasteiger partial charge in [0.05, 0.1) is 30.6 Å². The highest BCUT2D eigenvalue weighted by Gasteiger charge is 2.43. The van der Waals surface area contributed by atoms with Crippen LogP contribution < -0.4 is 15.0 Å². The number of aromatic nitrogens is 2. The summed E-state index contributed by atoms with van der Waals surface area (Å²) in [4.78, 5) is 6.47. The Balaban J connectivity index is 1.67. The first kappa shape index (κ1) is 22.1. The van der Waals surface area contributed by atoms with Crippen LogP contribution >= 0.6 is 12.2 Å². The Morgan fingerprint density at radius 3 is 2.41 bits per heavy atom. The zero-order valence-electron chi connectivity index (χ0n) is 19.2. The van der Waals surface area contributed by atoms with Gasteiger partial charge in [0, 0.05) is 23.3 Å². The summed E-state index contributed by atoms with van der Waals surface area (Å²) in [5, 5.41) is 3.88. The highest BCUT2D eigenvalue weighted by atomic mass is 32.1. The normalized spacial score (nSPS) is 17.6. The number of rotatable bonds is 5. The van der Waals surface area contributed by atoms with Crippen molar-refractivity contribution in [2.24, 2.45) is 0 Å². The lowest BCUT2D eigenvalue weighted by Crippen LogP contribution is -2.30. The Morgan fingerprint density at radius 2 is 1.74 bits per heavy atom. The Labute approximate surface area is 203 Å². The summed E-state index contributed by atoms with van der Waals surface area (Å²) in [6.45, 7) is 4.16. The van der Waals surface area contributed by atoms with Gasteiger partial charge in [-0.3, -0.25) is 4.98 Å². The molecule has 0 spiro atoms. The molecule has 5 nitrogen and oxygen atoms in total. The van der Waals surface area contributed by atoms with Crippen LogP contribution in [0.15, 0.2) is 79.0 Å². The van der Waals surface area contributed by atoms with Crippen LogP contribution in [0.5, 0.6) is 5.75 Å². The van der Waals surface area contributed by atoms with Crippen molar-refractivity contribution < 1.29 is 9.13 Å². The number of methoxy groups -OCH3 is 1. The molecule has 5 rings (SSSR count). The molecule has 34 heavy (non-hydrogen) atoms. The van der Waals surface area contributed by atoms with Crippen LogP contribution in [-0.4, -0.2) is 21.8 Å². The zero-order chi connectivity index (χ0) is 23.8. The molecule has 0 aliphatic carbocycles. The fourth-order valence-corrected chi connectivity index (χ4v) is 5.13. The molecule has 0 bridgehead atoms. The van der Waals surface area contributed by atoms with Crippen molar-refractivity contribution >= 4 is 23.0 Å². The standard InChI is InChI=1S/C27H25FN4OS/c1-17-16-21(18(2)31(17)19-11-13-20(33-3)14-12-19)26-25(23-9-6-7-15-29-23)30-27(34)32(26)24-10-5-4-8-22(24)28/h4-16,25-26H,1-3H3,(H,30,34)/t25-,26+/m1/s1. The van der Waals surface area contributed by atoms with E-state index in [1.54, 1.807) is 25.4 Å². The molecule has 1 saturated heterocycles. The van der Waals surface area contributed by atoms with Gasteiger partial charge in [-0.1, -0.05) is 18.2 Å². The molecule has 4 aromatic rings. The Bertz CT molecular complexity index is 1340. The number of para-hydroxylation sites is 1. The molecule has 0 radical (unpaired) electrons. The molecule has 2 aromatic heterocycles. The first-order chi connectivity index (χ1) is 16.5. The van der Waals surface area contributed by atoms with Gasteiger partial charge in [0.25, 0.3) is 0 Å². The molecule has 1 N–H and O–H groups in total. The van der Waals surface area contributed by atoms with Gasteiger partial charge in [-0.05, 0) is 86.2 Å². The number of hydrogen-bond donors (Lipinski definition) is 1. The zero-order valence-corrected chi connectivity index (χ0v) is 20.0. The van der Waals surface area contributed by atoms with Gasteiger partial charge in [-0.15, -0.1) is 0 Å². The van der Waals surface area contributed by atoms with E-state index >= 15 is 0 Å². The third-order valence-electron chi connectivity index (χ3n) is 6.33. The van der Waals surface area contributed by atoms with Crippen molar-refractivity contribution in [3.8, 4) is 11.4 Å². The van der Waals surface area contributed by atoms with Gasteiger partial charge < -0.3 is 19.5 Å². The number of hydrogen-bond acceptors (Lipinski definition) is 3. The van der Waals surface area contributed by atoms with Crippen LogP contribution in [0.1, 0.15) is 34.7 Å². The largest absolute Gasteiger partial charge is 0.497 e. The van der Waals surface area contributed by atoms with Crippen LogP contribution in [-0.2, 0) is 0 Å². The first-order valence-corrected chi connectivity index (χ1v) is 11.5. The Hall–Kier alpha value is -3.71. The molecule has 1 aliphatic heterocycles. The van der Waals surface area contributed by atoms with Crippen molar-refractivity contribution in [3.05, 3.63) is 107 Å². The highest BCUT2D eigenvalue weighted by Crippen LogP contribution is 2.44. The van der Waals surface area contributed by atoms with Crippen molar-refractivity contribution in [2.75, 3.05) is 12.0 Å². The van der Waals surface area contributed by atoms with Crippen LogP contribution in [0.2, 0.25) is 0 Å². The number of thiocarbonyl (C=S) groups is 1. The van der Waals surface area contributed by atoms with Crippen molar-refractivity contribution in [1.82, 2.24) is 14.9 Å². The fraction of sp³-hybridized carbons (Fsp3) is 0.185. The van der Waals surface area contributed by atoms with Gasteiger partial charge in [0.15, 0.2) is 5.11 Å². The molecule has 2 atom stereocenters. The number of ether oxygens (including phenoxy) is 1. The monoisotopic (exact) mass is 472 g/mol. The molecule has 2 aromatic carbocycles. The van der Waals surface area contributed by atoms with Gasteiger partial charge in [0.1, 0.15) is 11.6 Å². The summed E-state index contributed by atoms with van der Waals surface area (Å²) in [6.07, 6.45) is 1.77. The lowest BCUT2D eigenvalue weighted by atomic mass is 9.96. The molecule has 0 saturated carbocycles. The number of pyridine rings is 1. The predicted octanol–water partition coefficient (Wildman–Crippen LogP) is 5.81. The summed E-state index contributed by atoms with van der Waals surface area (Å²) in [5.41, 5.74) is 5.51. The van der Waals surface area contributed by atoms with Gasteiger partial charge in [-0.25, -0.2) is 4.39 Å². The van der Waals surface area contributed by atoms with E-state index in [4.69, 9.17) is 17.0 Å². The molecule has 0 amide bonds. The maximum Gasteiger partial charge on any atom is 0.174 e. The number of nitrogens with zero attached hydrogens (tertiary/aromatic N) is 3. The van der Waals surface area contributed by atoms with Crippen molar-refractivity contribution in [1.29, 1.82) is 0 Å². The SMILES string of the molecule is COc1ccc(-n2c(C)cc([C@H]3[C@@H](c4ccccn4)NC(=S)N3c3ccccc3F)c2C)cc1. The molecule has 1 fully saturated rings. The van der Waals surface area contributed by atoms with E-state index < -0.39 is 0 Å². The fourth-order valence-electron chi connectivity index (χ4n) is 4.79. The van der Waals surface area contributed by atoms with Crippen LogP contribution in [0.3, 0.4) is 0 Å². The molecular weight excluding hydrogens is 447 g/mol. The van der Waals surface area contributed by atoms with E-state index in [9.17, 15) is 4.39 Å². The van der Waals surface area contributed by atoms with E-state index in [2.05, 4.69) is 34.8 Å². The second-order valence-corrected chi connectivity index (χ2v) is 8.69. The average molecular weight is 473 g/mol. The number of aryl methyl sites for hydroxylation is 1. The Kier molecular flexibility index (Phi) is 5.79. The number of nitrogens with one attached hydrogen (secondary N) is 1. The summed E-state index contributed by atoms with van der Waals surface area (Å²) in [7, 11) is 1.66. The minimum atomic E-state index is -0.317. The second-order valence-electron chi connectivity index (χ2n) is 8.31. The quantitative estimate of drug-likeness (QED) is 0.371. The second kappa shape index (κ2) is 8.91. The van der Waals surface area contributed by atoms with Crippen LogP contribution in [0.25, 0.3) is 5.69 Å². The van der Waals surface area contributed by atoms with Gasteiger partial charge in [0.2, 0.25) is 0 Å². The van der Waals surface area contributed by atoms with Crippen molar-refractivity contribution in [3.63, 3.8) is 0 Å². The maximum atomic E-state index is 15.0. The van der Waals surface area contributed by atoms with E-state index in [1.807, 2.05) is 53.4 Å². The summed E-state index contributed by atoms with van der Waals surface area (Å²) in [6, 6.07) is 22.1. The molecule has 7 heteroatoms. The lowest BCUT2D eigenvalue weighted by molar-refractivity contribution is 0.414. The third kappa shape index (κ3) is 3.72. The summed E-state index contributed by atoms with van der Waals surface area (Å²) in [5.74, 6) is 0.486.